The number of imide groups is 1. The number of amides is 2. The minimum absolute atomic E-state index is 0.0108. The molecule has 0 spiro atoms. The van der Waals surface area contributed by atoms with E-state index in [0.717, 1.165) is 29.7 Å². The van der Waals surface area contributed by atoms with Crippen molar-refractivity contribution in [2.24, 2.45) is 23.7 Å². The van der Waals surface area contributed by atoms with Gasteiger partial charge in [0, 0.05) is 11.8 Å². The van der Waals surface area contributed by atoms with Gasteiger partial charge in [0.2, 0.25) is 11.8 Å². The molecule has 25 heavy (non-hydrogen) atoms. The molecule has 0 N–H and O–H groups in total. The van der Waals surface area contributed by atoms with E-state index >= 15 is 0 Å². The van der Waals surface area contributed by atoms with Crippen molar-refractivity contribution in [2.75, 3.05) is 4.90 Å². The lowest BCUT2D eigenvalue weighted by atomic mass is 9.85. The highest BCUT2D eigenvalue weighted by atomic mass is 16.2. The molecule has 128 valence electrons. The fourth-order valence-corrected chi connectivity index (χ4v) is 5.52. The van der Waals surface area contributed by atoms with Crippen LogP contribution in [0.5, 0.6) is 0 Å². The van der Waals surface area contributed by atoms with Crippen LogP contribution < -0.4 is 4.90 Å². The summed E-state index contributed by atoms with van der Waals surface area (Å²) in [6, 6.07) is 5.99. The first kappa shape index (κ1) is 15.1. The van der Waals surface area contributed by atoms with E-state index in [-0.39, 0.29) is 35.5 Å². The topological polar surface area (TPSA) is 37.4 Å². The Labute approximate surface area is 148 Å². The minimum Gasteiger partial charge on any atom is -0.274 e. The van der Waals surface area contributed by atoms with Gasteiger partial charge < -0.3 is 0 Å². The van der Waals surface area contributed by atoms with Gasteiger partial charge in [-0.3, -0.25) is 9.59 Å². The van der Waals surface area contributed by atoms with Crippen molar-refractivity contribution in [2.45, 2.75) is 39.5 Å². The molecule has 1 aliphatic heterocycles. The van der Waals surface area contributed by atoms with Crippen LogP contribution in [0.15, 0.2) is 41.5 Å². The first-order chi connectivity index (χ1) is 12.1. The fraction of sp³-hybridized carbons (Fsp3) is 0.455. The molecule has 3 fully saturated rings. The highest BCUT2D eigenvalue weighted by Gasteiger charge is 2.62. The summed E-state index contributed by atoms with van der Waals surface area (Å²) < 4.78 is 0. The van der Waals surface area contributed by atoms with Crippen LogP contribution in [0.4, 0.5) is 5.69 Å². The lowest BCUT2D eigenvalue weighted by molar-refractivity contribution is -0.122. The van der Waals surface area contributed by atoms with Crippen molar-refractivity contribution in [3.63, 3.8) is 0 Å². The van der Waals surface area contributed by atoms with Gasteiger partial charge in [0.05, 0.1) is 17.5 Å². The number of allylic oxidation sites excluding steroid dienone is 4. The number of anilines is 1. The van der Waals surface area contributed by atoms with Crippen LogP contribution in [0.3, 0.4) is 0 Å². The predicted molar refractivity (Wildman–Crippen MR) is 97.0 cm³/mol. The normalized spacial score (nSPS) is 33.1. The van der Waals surface area contributed by atoms with Gasteiger partial charge in [0.25, 0.3) is 0 Å². The molecule has 5 rings (SSSR count). The Morgan fingerprint density at radius 1 is 0.920 bits per heavy atom. The standard InChI is InChI=1S/C22H23NO2/c1-12-7-8-13(2)17(11-12)23-21(24)19-15-9-10-16(20(19)22(23)25)18(15)14-5-3-4-6-14/h7-11,15-16,19-20H,3-6H2,1-2H3/t15-,16-,19-,20+/m0/s1. The van der Waals surface area contributed by atoms with Crippen molar-refractivity contribution in [1.29, 1.82) is 0 Å². The molecule has 1 heterocycles. The molecule has 1 saturated heterocycles. The number of nitrogens with zero attached hydrogens (tertiary/aromatic N) is 1. The van der Waals surface area contributed by atoms with E-state index in [2.05, 4.69) is 12.2 Å². The third kappa shape index (κ3) is 1.92. The van der Waals surface area contributed by atoms with E-state index < -0.39 is 0 Å². The Morgan fingerprint density at radius 3 is 2.12 bits per heavy atom. The molecule has 2 amide bonds. The number of fused-ring (bicyclic) bond motifs is 5. The Kier molecular flexibility index (Phi) is 3.13. The van der Waals surface area contributed by atoms with Gasteiger partial charge in [0.15, 0.2) is 0 Å². The molecule has 3 heteroatoms. The molecule has 4 atom stereocenters. The molecule has 2 saturated carbocycles. The first-order valence-corrected chi connectivity index (χ1v) is 9.43. The lowest BCUT2D eigenvalue weighted by Crippen LogP contribution is -2.33. The zero-order chi connectivity index (χ0) is 17.3. The van der Waals surface area contributed by atoms with Gasteiger partial charge in [-0.15, -0.1) is 0 Å². The molecular weight excluding hydrogens is 310 g/mol. The van der Waals surface area contributed by atoms with Gasteiger partial charge >= 0.3 is 0 Å². The van der Waals surface area contributed by atoms with Crippen molar-refractivity contribution >= 4 is 17.5 Å². The summed E-state index contributed by atoms with van der Waals surface area (Å²) in [7, 11) is 0. The van der Waals surface area contributed by atoms with Crippen LogP contribution in [0, 0.1) is 37.5 Å². The Morgan fingerprint density at radius 2 is 1.52 bits per heavy atom. The number of benzene rings is 1. The Balaban J connectivity index is 1.57. The number of carbonyl (C=O) groups is 2. The number of carbonyl (C=O) groups excluding carboxylic acids is 2. The van der Waals surface area contributed by atoms with E-state index in [4.69, 9.17) is 0 Å². The zero-order valence-electron chi connectivity index (χ0n) is 14.8. The van der Waals surface area contributed by atoms with E-state index in [1.54, 1.807) is 0 Å². The predicted octanol–water partition coefficient (Wildman–Crippen LogP) is 4.10. The second kappa shape index (κ2) is 5.17. The molecule has 2 bridgehead atoms. The molecule has 3 aliphatic carbocycles. The van der Waals surface area contributed by atoms with Gasteiger partial charge in [-0.1, -0.05) is 35.4 Å². The maximum atomic E-state index is 13.3. The molecule has 3 nitrogen and oxygen atoms in total. The number of rotatable bonds is 1. The summed E-state index contributed by atoms with van der Waals surface area (Å²) in [6.07, 6.45) is 9.22. The van der Waals surface area contributed by atoms with Crippen molar-refractivity contribution in [3.05, 3.63) is 52.6 Å². The van der Waals surface area contributed by atoms with E-state index in [1.165, 1.54) is 28.9 Å². The Bertz CT molecular complexity index is 821. The molecule has 1 aromatic rings. The Hall–Kier alpha value is -2.16. The van der Waals surface area contributed by atoms with E-state index in [9.17, 15) is 9.59 Å². The summed E-state index contributed by atoms with van der Waals surface area (Å²) in [4.78, 5) is 28.0. The number of hydrogen-bond acceptors (Lipinski definition) is 2. The highest BCUT2D eigenvalue weighted by molar-refractivity contribution is 6.23. The molecule has 0 unspecified atom stereocenters. The third-order valence-electron chi connectivity index (χ3n) is 6.64. The van der Waals surface area contributed by atoms with E-state index in [0.29, 0.717) is 0 Å². The maximum Gasteiger partial charge on any atom is 0.238 e. The van der Waals surface area contributed by atoms with Crippen LogP contribution in [0.2, 0.25) is 0 Å². The summed E-state index contributed by atoms with van der Waals surface area (Å²) in [5.74, 6) is -0.00588. The van der Waals surface area contributed by atoms with Gasteiger partial charge in [-0.05, 0) is 56.7 Å². The minimum atomic E-state index is -0.175. The van der Waals surface area contributed by atoms with Crippen LogP contribution in [-0.2, 0) is 9.59 Å². The van der Waals surface area contributed by atoms with Crippen LogP contribution in [-0.4, -0.2) is 11.8 Å². The second-order valence-corrected chi connectivity index (χ2v) is 8.06. The molecular formula is C22H23NO2. The molecule has 1 aromatic carbocycles. The summed E-state index contributed by atoms with van der Waals surface area (Å²) in [6.45, 7) is 3.98. The maximum absolute atomic E-state index is 13.3. The molecule has 0 aromatic heterocycles. The van der Waals surface area contributed by atoms with Gasteiger partial charge in [-0.25, -0.2) is 4.90 Å². The average Bonchev–Trinajstić information content (AvgIpc) is 3.33. The largest absolute Gasteiger partial charge is 0.274 e. The zero-order valence-corrected chi connectivity index (χ0v) is 14.8. The number of hydrogen-bond donors (Lipinski definition) is 0. The van der Waals surface area contributed by atoms with Crippen LogP contribution in [0.25, 0.3) is 0 Å². The smallest absolute Gasteiger partial charge is 0.238 e. The monoisotopic (exact) mass is 333 g/mol. The van der Waals surface area contributed by atoms with Crippen LogP contribution in [0.1, 0.15) is 36.8 Å². The van der Waals surface area contributed by atoms with Crippen molar-refractivity contribution < 1.29 is 9.59 Å². The average molecular weight is 333 g/mol. The van der Waals surface area contributed by atoms with Gasteiger partial charge in [0.1, 0.15) is 0 Å². The van der Waals surface area contributed by atoms with Crippen molar-refractivity contribution in [3.8, 4) is 0 Å². The summed E-state index contributed by atoms with van der Waals surface area (Å²) >= 11 is 0. The quantitative estimate of drug-likeness (QED) is 0.573. The highest BCUT2D eigenvalue weighted by Crippen LogP contribution is 2.58. The van der Waals surface area contributed by atoms with Crippen LogP contribution >= 0.6 is 0 Å². The third-order valence-corrected chi connectivity index (χ3v) is 6.64. The molecule has 0 radical (unpaired) electrons. The van der Waals surface area contributed by atoms with E-state index in [1.807, 2.05) is 32.0 Å². The molecule has 4 aliphatic rings. The van der Waals surface area contributed by atoms with Crippen molar-refractivity contribution in [1.82, 2.24) is 0 Å². The number of aryl methyl sites for hydroxylation is 2. The van der Waals surface area contributed by atoms with Gasteiger partial charge in [-0.2, -0.15) is 0 Å². The summed E-state index contributed by atoms with van der Waals surface area (Å²) in [5.41, 5.74) is 5.80. The fourth-order valence-electron chi connectivity index (χ4n) is 5.52. The SMILES string of the molecule is Cc1ccc(C)c(N2C(=O)[C@@H]3[C@H](C2=O)[C@H]2C=C[C@H]3C2=C2CCCC2)c1. The second-order valence-electron chi connectivity index (χ2n) is 8.06. The summed E-state index contributed by atoms with van der Waals surface area (Å²) in [5, 5.41) is 0. The first-order valence-electron chi connectivity index (χ1n) is 9.43. The lowest BCUT2D eigenvalue weighted by Gasteiger charge is -2.21.